The number of nitrogens with two attached hydrogens (primary N) is 2. The van der Waals surface area contributed by atoms with E-state index in [0.717, 1.165) is 63.9 Å². The number of aliphatic imine (C=N–C) groups is 1. The molecule has 4 aliphatic heterocycles. The average Bonchev–Trinajstić information content (AvgIpc) is 3.64. The third-order valence-corrected chi connectivity index (χ3v) is 10.8. The van der Waals surface area contributed by atoms with Crippen LogP contribution in [-0.2, 0) is 9.63 Å². The molecule has 0 bridgehead atoms. The molecule has 4 saturated heterocycles. The van der Waals surface area contributed by atoms with E-state index in [0.29, 0.717) is 35.6 Å². The number of piperidine rings is 2. The van der Waals surface area contributed by atoms with Gasteiger partial charge in [-0.1, -0.05) is 12.6 Å². The molecule has 0 spiro atoms. The second-order valence-electron chi connectivity index (χ2n) is 13.9. The van der Waals surface area contributed by atoms with Crippen molar-refractivity contribution in [1.29, 1.82) is 0 Å². The number of halogens is 2. The molecule has 2 aromatic carbocycles. The predicted molar refractivity (Wildman–Crippen MR) is 199 cm³/mol. The maximum atomic E-state index is 14.7. The SMILES string of the molecule is C=CC(=O)Nc1cc(N=C(N)/C=C(\NN)N2OCC[C@@H]2c2ccc(F)cc2F)c(OC)cc1N1CCC(N2CCN(C3CCN(C)CC3)CC2)CC1. The lowest BCUT2D eigenvalue weighted by Crippen LogP contribution is -2.56. The molecule has 0 radical (unpaired) electrons. The molecule has 0 unspecified atom stereocenters. The summed E-state index contributed by atoms with van der Waals surface area (Å²) in [7, 11) is 3.77. The number of anilines is 2. The summed E-state index contributed by atoms with van der Waals surface area (Å²) in [5, 5.41) is 4.34. The topological polar surface area (TPSA) is 140 Å². The number of carbonyl (C=O) groups excluding carboxylic acids is 1. The Balaban J connectivity index is 1.16. The summed E-state index contributed by atoms with van der Waals surface area (Å²) in [5.41, 5.74) is 11.0. The number of likely N-dealkylation sites (tertiary alicyclic amines) is 1. The maximum absolute atomic E-state index is 14.7. The summed E-state index contributed by atoms with van der Waals surface area (Å²) >= 11 is 0. The Labute approximate surface area is 304 Å². The zero-order valence-electron chi connectivity index (χ0n) is 30.2. The number of methoxy groups -OCH3 is 1. The van der Waals surface area contributed by atoms with Crippen LogP contribution in [0.5, 0.6) is 5.75 Å². The van der Waals surface area contributed by atoms with Crippen LogP contribution in [0.25, 0.3) is 0 Å². The first-order valence-electron chi connectivity index (χ1n) is 18.1. The van der Waals surface area contributed by atoms with Crippen LogP contribution in [0.2, 0.25) is 0 Å². The predicted octanol–water partition coefficient (Wildman–Crippen LogP) is 3.45. The fourth-order valence-electron chi connectivity index (χ4n) is 7.89. The minimum Gasteiger partial charge on any atom is -0.494 e. The number of hydrogen-bond acceptors (Lipinski definition) is 11. The van der Waals surface area contributed by atoms with Gasteiger partial charge in [0.2, 0.25) is 5.91 Å². The quantitative estimate of drug-likeness (QED) is 0.0892. The van der Waals surface area contributed by atoms with Gasteiger partial charge in [0.1, 0.15) is 34.7 Å². The van der Waals surface area contributed by atoms with E-state index >= 15 is 0 Å². The second-order valence-corrected chi connectivity index (χ2v) is 13.9. The smallest absolute Gasteiger partial charge is 0.247 e. The molecule has 52 heavy (non-hydrogen) atoms. The van der Waals surface area contributed by atoms with Crippen molar-refractivity contribution in [3.63, 3.8) is 0 Å². The number of amides is 1. The number of ether oxygens (including phenoxy) is 1. The van der Waals surface area contributed by atoms with Gasteiger partial charge in [-0.25, -0.2) is 24.7 Å². The Bertz CT molecular complexity index is 1630. The van der Waals surface area contributed by atoms with Crippen LogP contribution in [0.3, 0.4) is 0 Å². The van der Waals surface area contributed by atoms with E-state index < -0.39 is 17.7 Å². The summed E-state index contributed by atoms with van der Waals surface area (Å²) in [6.45, 7) is 12.4. The summed E-state index contributed by atoms with van der Waals surface area (Å²) in [6.07, 6.45) is 7.66. The average molecular weight is 723 g/mol. The van der Waals surface area contributed by atoms with E-state index in [4.69, 9.17) is 21.2 Å². The largest absolute Gasteiger partial charge is 0.494 e. The number of hydrogen-bond donors (Lipinski definition) is 4. The molecule has 13 nitrogen and oxygen atoms in total. The van der Waals surface area contributed by atoms with Gasteiger partial charge in [-0.2, -0.15) is 0 Å². The lowest BCUT2D eigenvalue weighted by molar-refractivity contribution is -0.111. The van der Waals surface area contributed by atoms with Gasteiger partial charge in [0, 0.05) is 81.5 Å². The van der Waals surface area contributed by atoms with Gasteiger partial charge >= 0.3 is 0 Å². The maximum Gasteiger partial charge on any atom is 0.247 e. The number of rotatable bonds is 11. The van der Waals surface area contributed by atoms with Gasteiger partial charge in [0.25, 0.3) is 0 Å². The number of amidine groups is 1. The van der Waals surface area contributed by atoms with E-state index in [-0.39, 0.29) is 29.7 Å². The summed E-state index contributed by atoms with van der Waals surface area (Å²) in [5.74, 6) is 4.84. The molecule has 4 heterocycles. The van der Waals surface area contributed by atoms with Crippen molar-refractivity contribution in [2.75, 3.05) is 83.3 Å². The van der Waals surface area contributed by atoms with Crippen molar-refractivity contribution in [2.45, 2.75) is 50.2 Å². The highest BCUT2D eigenvalue weighted by atomic mass is 19.1. The van der Waals surface area contributed by atoms with Crippen molar-refractivity contribution in [2.24, 2.45) is 16.6 Å². The van der Waals surface area contributed by atoms with Crippen molar-refractivity contribution >= 4 is 28.8 Å². The Hall–Kier alpha value is -4.28. The highest BCUT2D eigenvalue weighted by molar-refractivity contribution is 6.02. The number of nitrogens with zero attached hydrogens (tertiary/aromatic N) is 6. The Morgan fingerprint density at radius 1 is 0.981 bits per heavy atom. The summed E-state index contributed by atoms with van der Waals surface area (Å²) < 4.78 is 34.0. The number of benzene rings is 2. The molecule has 282 valence electrons. The van der Waals surface area contributed by atoms with Crippen molar-refractivity contribution in [3.8, 4) is 5.75 Å². The molecule has 6 N–H and O–H groups in total. The zero-order chi connectivity index (χ0) is 36.8. The molecule has 4 fully saturated rings. The first-order chi connectivity index (χ1) is 25.2. The van der Waals surface area contributed by atoms with Crippen molar-refractivity contribution in [1.82, 2.24) is 25.2 Å². The fourth-order valence-corrected chi connectivity index (χ4v) is 7.89. The van der Waals surface area contributed by atoms with Crippen LogP contribution >= 0.6 is 0 Å². The van der Waals surface area contributed by atoms with Crippen LogP contribution in [0.15, 0.2) is 59.9 Å². The zero-order valence-corrected chi connectivity index (χ0v) is 30.2. The van der Waals surface area contributed by atoms with Crippen LogP contribution < -0.4 is 32.0 Å². The lowest BCUT2D eigenvalue weighted by Gasteiger charge is -2.46. The normalized spacial score (nSPS) is 22.1. The summed E-state index contributed by atoms with van der Waals surface area (Å²) in [4.78, 5) is 33.0. The van der Waals surface area contributed by atoms with Gasteiger partial charge in [-0.05, 0) is 64.0 Å². The molecular formula is C37H52F2N10O3. The number of hydrazine groups is 1. The Kier molecular flexibility index (Phi) is 12.3. The Morgan fingerprint density at radius 3 is 2.23 bits per heavy atom. The number of piperazine rings is 1. The van der Waals surface area contributed by atoms with Crippen molar-refractivity contribution < 1.29 is 23.1 Å². The van der Waals surface area contributed by atoms with Gasteiger partial charge in [-0.3, -0.25) is 19.4 Å². The molecule has 2 aromatic rings. The summed E-state index contributed by atoms with van der Waals surface area (Å²) in [6, 6.07) is 7.66. The molecule has 1 atom stereocenters. The number of nitrogens with one attached hydrogen (secondary N) is 2. The van der Waals surface area contributed by atoms with E-state index in [1.165, 1.54) is 55.3 Å². The van der Waals surface area contributed by atoms with Crippen LogP contribution in [0.4, 0.5) is 25.8 Å². The van der Waals surface area contributed by atoms with Gasteiger partial charge < -0.3 is 31.0 Å². The van der Waals surface area contributed by atoms with Crippen LogP contribution in [-0.4, -0.2) is 117 Å². The molecule has 0 saturated carbocycles. The molecule has 15 heteroatoms. The van der Waals surface area contributed by atoms with E-state index in [2.05, 4.69) is 49.0 Å². The van der Waals surface area contributed by atoms with Gasteiger partial charge in [-0.15, -0.1) is 0 Å². The van der Waals surface area contributed by atoms with E-state index in [9.17, 15) is 13.6 Å². The van der Waals surface area contributed by atoms with Crippen molar-refractivity contribution in [3.05, 3.63) is 72.1 Å². The minimum absolute atomic E-state index is 0.0329. The third kappa shape index (κ3) is 8.67. The second kappa shape index (κ2) is 17.0. The van der Waals surface area contributed by atoms with Gasteiger partial charge in [0.05, 0.1) is 31.1 Å². The molecule has 1 amide bonds. The standard InChI is InChI=1S/C37H52F2N10O3/c1-4-37(50)43-30-22-31(42-35(40)24-36(44-41)49-32(11-20-52-49)28-6-5-25(38)21-29(28)39)34(51-3)23-33(30)48-14-9-27(10-15-48)47-18-16-46(17-19-47)26-7-12-45(2)13-8-26/h4-6,21-24,26-27,32,44H,1,7-20,41H2,2-3H3,(H2,40,42)(H,43,50)/b36-24+/t32-/m1/s1. The van der Waals surface area contributed by atoms with E-state index in [1.807, 2.05) is 6.07 Å². The molecule has 0 aliphatic carbocycles. The Morgan fingerprint density at radius 2 is 1.63 bits per heavy atom. The first kappa shape index (κ1) is 37.5. The fraction of sp³-hybridized carbons (Fsp3) is 0.514. The lowest BCUT2D eigenvalue weighted by atomic mass is 9.99. The van der Waals surface area contributed by atoms with Crippen LogP contribution in [0, 0.1) is 11.6 Å². The minimum atomic E-state index is -0.692. The van der Waals surface area contributed by atoms with E-state index in [1.54, 1.807) is 13.2 Å². The monoisotopic (exact) mass is 722 g/mol. The highest BCUT2D eigenvalue weighted by Gasteiger charge is 2.33. The third-order valence-electron chi connectivity index (χ3n) is 10.8. The molecule has 6 rings (SSSR count). The van der Waals surface area contributed by atoms with Gasteiger partial charge in [0.15, 0.2) is 0 Å². The molecular weight excluding hydrogens is 670 g/mol. The molecule has 4 aliphatic rings. The first-order valence-corrected chi connectivity index (χ1v) is 18.1. The number of carbonyl (C=O) groups is 1. The number of hydroxylamine groups is 2. The molecule has 0 aromatic heterocycles. The van der Waals surface area contributed by atoms with Crippen LogP contribution in [0.1, 0.15) is 43.7 Å². The highest BCUT2D eigenvalue weighted by Crippen LogP contribution is 2.40.